The zero-order chi connectivity index (χ0) is 14.8. The Morgan fingerprint density at radius 2 is 2.37 bits per heavy atom. The summed E-state index contributed by atoms with van der Waals surface area (Å²) in [6.07, 6.45) is 4.86. The summed E-state index contributed by atoms with van der Waals surface area (Å²) in [5, 5.41) is 20.9. The third kappa shape index (κ3) is 6.19. The van der Waals surface area contributed by atoms with E-state index in [0.717, 1.165) is 0 Å². The van der Waals surface area contributed by atoms with Crippen LogP contribution < -0.4 is 5.43 Å². The van der Waals surface area contributed by atoms with Crippen LogP contribution in [0.15, 0.2) is 11.3 Å². The van der Waals surface area contributed by atoms with Gasteiger partial charge in [-0.3, -0.25) is 10.4 Å². The topological polar surface area (TPSA) is 80.4 Å². The van der Waals surface area contributed by atoms with Gasteiger partial charge in [0.05, 0.1) is 18.4 Å². The summed E-state index contributed by atoms with van der Waals surface area (Å²) in [6.45, 7) is 1.56. The Bertz CT molecular complexity index is 461. The quantitative estimate of drug-likeness (QED) is 0.284. The molecule has 0 atom stereocenters. The fraction of sp³-hybridized carbons (Fsp3) is 0.300. The van der Waals surface area contributed by atoms with Gasteiger partial charge in [-0.1, -0.05) is 24.0 Å². The van der Waals surface area contributed by atoms with Crippen molar-refractivity contribution >= 4 is 43.9 Å². The van der Waals surface area contributed by atoms with Crippen molar-refractivity contribution in [2.45, 2.75) is 13.5 Å². The van der Waals surface area contributed by atoms with Crippen LogP contribution in [-0.2, 0) is 25.4 Å². The van der Waals surface area contributed by atoms with Gasteiger partial charge in [0.25, 0.3) is 5.75 Å². The van der Waals surface area contributed by atoms with Gasteiger partial charge in [0, 0.05) is 11.8 Å². The minimum absolute atomic E-state index is 0.173. The third-order valence-corrected chi connectivity index (χ3v) is 3.15. The second-order valence-corrected chi connectivity index (χ2v) is 4.66. The predicted molar refractivity (Wildman–Crippen MR) is 80.7 cm³/mol. The summed E-state index contributed by atoms with van der Waals surface area (Å²) in [4.78, 5) is 4.01. The molecule has 0 aliphatic heterocycles. The first-order valence-electron chi connectivity index (χ1n) is 4.90. The van der Waals surface area contributed by atoms with Crippen molar-refractivity contribution in [3.05, 3.63) is 23.0 Å². The molecule has 0 amide bonds. The number of pyridine rings is 1. The molecule has 0 unspecified atom stereocenters. The molecular formula is C10H14ClN3O2PtS2+2. The van der Waals surface area contributed by atoms with Crippen LogP contribution in [-0.4, -0.2) is 32.0 Å². The molecule has 0 fully saturated rings. The number of aliphatic hydroxyl groups is 1. The van der Waals surface area contributed by atoms with E-state index in [4.69, 9.17) is 22.4 Å². The fourth-order valence-electron chi connectivity index (χ4n) is 1.13. The molecule has 5 nitrogen and oxygen atoms in total. The van der Waals surface area contributed by atoms with Gasteiger partial charge in [-0.05, 0) is 13.2 Å². The number of thioether (sulfide) groups is 1. The average Bonchev–Trinajstić information content (AvgIpc) is 2.45. The van der Waals surface area contributed by atoms with Crippen molar-refractivity contribution < 1.29 is 29.0 Å². The maximum atomic E-state index is 9.15. The molecular weight excluding hydrogens is 489 g/mol. The number of nitrogens with one attached hydrogen (secondary N) is 1. The van der Waals surface area contributed by atoms with E-state index in [1.807, 2.05) is 6.26 Å². The normalized spacial score (nSPS) is 10.0. The van der Waals surface area contributed by atoms with Gasteiger partial charge in [-0.2, -0.15) is 5.10 Å². The number of aryl methyl sites for hydroxylation is 1. The Kier molecular flexibility index (Phi) is 10.5. The minimum atomic E-state index is -0.173. The van der Waals surface area contributed by atoms with Crippen LogP contribution in [0.5, 0.6) is 5.75 Å². The van der Waals surface area contributed by atoms with E-state index in [1.165, 1.54) is 18.0 Å². The summed E-state index contributed by atoms with van der Waals surface area (Å²) < 4.78 is 0.545. The third-order valence-electron chi connectivity index (χ3n) is 2.10. The summed E-state index contributed by atoms with van der Waals surface area (Å²) in [5.41, 5.74) is 4.37. The van der Waals surface area contributed by atoms with Crippen LogP contribution in [0.3, 0.4) is 0 Å². The van der Waals surface area contributed by atoms with Crippen molar-refractivity contribution in [2.75, 3.05) is 6.26 Å². The molecule has 9 heteroatoms. The van der Waals surface area contributed by atoms with E-state index in [1.54, 1.807) is 31.9 Å². The second-order valence-electron chi connectivity index (χ2n) is 3.18. The first kappa shape index (κ1) is 18.8. The zero-order valence-corrected chi connectivity index (χ0v) is 14.9. The molecule has 1 rings (SSSR count). The van der Waals surface area contributed by atoms with Crippen molar-refractivity contribution in [3.8, 4) is 5.75 Å². The Labute approximate surface area is 136 Å². The van der Waals surface area contributed by atoms with Crippen LogP contribution in [0.2, 0.25) is 0 Å². The monoisotopic (exact) mass is 502 g/mol. The number of hydrazone groups is 1. The maximum absolute atomic E-state index is 9.15. The molecule has 0 saturated carbocycles. The average molecular weight is 503 g/mol. The molecule has 0 spiro atoms. The van der Waals surface area contributed by atoms with Crippen LogP contribution in [0.4, 0.5) is 0 Å². The molecule has 19 heavy (non-hydrogen) atoms. The van der Waals surface area contributed by atoms with E-state index < -0.39 is 0 Å². The first-order chi connectivity index (χ1) is 9.10. The van der Waals surface area contributed by atoms with Gasteiger partial charge in [-0.15, -0.1) is 0 Å². The summed E-state index contributed by atoms with van der Waals surface area (Å²) >= 11 is 7.91. The molecule has 108 valence electrons. The number of halogens is 1. The van der Waals surface area contributed by atoms with E-state index in [2.05, 4.69) is 24.9 Å². The van der Waals surface area contributed by atoms with Crippen molar-refractivity contribution in [2.24, 2.45) is 5.10 Å². The summed E-state index contributed by atoms with van der Waals surface area (Å²) in [6, 6.07) is 0. The van der Waals surface area contributed by atoms with E-state index in [0.29, 0.717) is 21.1 Å². The molecule has 1 heterocycles. The molecule has 0 saturated heterocycles. The van der Waals surface area contributed by atoms with Gasteiger partial charge in [0.1, 0.15) is 5.69 Å². The molecule has 1 aromatic heterocycles. The molecule has 0 aliphatic rings. The second kappa shape index (κ2) is 10.6. The number of aromatic nitrogens is 1. The molecule has 0 bridgehead atoms. The summed E-state index contributed by atoms with van der Waals surface area (Å²) in [7, 11) is 4.61. The molecule has 4 N–H and O–H groups in total. The van der Waals surface area contributed by atoms with Gasteiger partial charge in [-0.25, -0.2) is 0 Å². The Morgan fingerprint density at radius 3 is 2.89 bits per heavy atom. The van der Waals surface area contributed by atoms with Gasteiger partial charge >= 0.3 is 28.2 Å². The van der Waals surface area contributed by atoms with Gasteiger partial charge in [0.15, 0.2) is 4.32 Å². The molecule has 0 radical (unpaired) electrons. The van der Waals surface area contributed by atoms with Gasteiger partial charge < -0.3 is 10.2 Å². The van der Waals surface area contributed by atoms with Crippen LogP contribution in [0.25, 0.3) is 0 Å². The predicted octanol–water partition coefficient (Wildman–Crippen LogP) is 1.58. The number of hydrogen-bond donors (Lipinski definition) is 2. The van der Waals surface area contributed by atoms with E-state index in [-0.39, 0.29) is 12.4 Å². The number of thiocarbonyl (C=S) groups is 1. The Balaban J connectivity index is 0.00000154. The van der Waals surface area contributed by atoms with Crippen LogP contribution in [0, 0.1) is 6.92 Å². The van der Waals surface area contributed by atoms with Crippen molar-refractivity contribution in [3.63, 3.8) is 0 Å². The molecule has 0 aromatic carbocycles. The SMILES string of the molecule is CSC(=S)NN=Cc1c(CO)cnc(C)c1[OH2+].[Cl][Pt+]. The van der Waals surface area contributed by atoms with Crippen molar-refractivity contribution in [1.82, 2.24) is 10.4 Å². The number of aliphatic hydroxyl groups excluding tert-OH is 1. The van der Waals surface area contributed by atoms with Crippen LogP contribution in [0.1, 0.15) is 16.8 Å². The zero-order valence-electron chi connectivity index (χ0n) is 10.2. The van der Waals surface area contributed by atoms with Crippen molar-refractivity contribution in [1.29, 1.82) is 0 Å². The number of nitrogens with zero attached hydrogens (tertiary/aromatic N) is 2. The fourth-order valence-corrected chi connectivity index (χ4v) is 1.33. The molecule has 0 aliphatic carbocycles. The summed E-state index contributed by atoms with van der Waals surface area (Å²) in [5.74, 6) is 0.261. The van der Waals surface area contributed by atoms with E-state index >= 15 is 0 Å². The standard InChI is InChI=1S/C10H13N3O2S2.ClH.Pt/c1-6-9(15)8(7(5-14)3-11-6)4-12-13-10(16)17-2;;/h3-4,14-15H,5H2,1-2H3,(H,13,16);1H;/q;;+2. The van der Waals surface area contributed by atoms with Gasteiger partial charge in [0.2, 0.25) is 0 Å². The number of hydrogen-bond acceptors (Lipinski definition) is 5. The Hall–Kier alpha value is -0.202. The van der Waals surface area contributed by atoms with Crippen LogP contribution >= 0.6 is 33.4 Å². The molecule has 1 aromatic rings. The number of rotatable bonds is 3. The first-order valence-corrected chi connectivity index (χ1v) is 9.35. The Morgan fingerprint density at radius 1 is 1.74 bits per heavy atom. The van der Waals surface area contributed by atoms with E-state index in [9.17, 15) is 0 Å².